The molecule has 0 saturated carbocycles. The number of carbonyl (C=O) groups excluding carboxylic acids is 1. The van der Waals surface area contributed by atoms with Crippen LogP contribution in [0, 0.1) is 0 Å². The summed E-state index contributed by atoms with van der Waals surface area (Å²) in [5.74, 6) is -1.12. The summed E-state index contributed by atoms with van der Waals surface area (Å²) in [4.78, 5) is 22.4. The van der Waals surface area contributed by atoms with E-state index in [-0.39, 0.29) is 24.0 Å². The van der Waals surface area contributed by atoms with Gasteiger partial charge in [0.15, 0.2) is 5.78 Å². The predicted molar refractivity (Wildman–Crippen MR) is 63.1 cm³/mol. The fraction of sp³-hybridized carbons (Fsp3) is 0.583. The Labute approximate surface area is 100 Å². The Bertz CT molecular complexity index is 441. The molecule has 0 spiro atoms. The maximum atomic E-state index is 11.9. The van der Waals surface area contributed by atoms with Crippen LogP contribution in [0.5, 0.6) is 0 Å². The van der Waals surface area contributed by atoms with Gasteiger partial charge in [0.25, 0.3) is 0 Å². The van der Waals surface area contributed by atoms with Gasteiger partial charge < -0.3 is 5.11 Å². The Morgan fingerprint density at radius 1 is 1.35 bits per heavy atom. The Morgan fingerprint density at radius 3 is 2.41 bits per heavy atom. The van der Waals surface area contributed by atoms with Crippen molar-refractivity contribution in [2.45, 2.75) is 39.0 Å². The number of aryl methyl sites for hydroxylation is 1. The summed E-state index contributed by atoms with van der Waals surface area (Å²) in [6, 6.07) is 0. The topological polar surface area (TPSA) is 72.2 Å². The second-order valence-corrected chi connectivity index (χ2v) is 5.13. The number of rotatable bonds is 4. The van der Waals surface area contributed by atoms with E-state index in [9.17, 15) is 9.59 Å². The van der Waals surface area contributed by atoms with Crippen LogP contribution in [0.3, 0.4) is 0 Å². The molecule has 0 saturated heterocycles. The quantitative estimate of drug-likeness (QED) is 0.811. The van der Waals surface area contributed by atoms with Crippen molar-refractivity contribution in [2.75, 3.05) is 0 Å². The van der Waals surface area contributed by atoms with Crippen molar-refractivity contribution in [3.05, 3.63) is 17.5 Å². The molecule has 94 valence electrons. The van der Waals surface area contributed by atoms with Gasteiger partial charge in [0.2, 0.25) is 0 Å². The molecule has 1 N–H and O–H groups in total. The molecule has 0 amide bonds. The van der Waals surface area contributed by atoms with Gasteiger partial charge in [0.05, 0.1) is 17.7 Å². The zero-order valence-corrected chi connectivity index (χ0v) is 10.6. The summed E-state index contributed by atoms with van der Waals surface area (Å²) in [6.07, 6.45) is 1.53. The second-order valence-electron chi connectivity index (χ2n) is 5.13. The van der Waals surface area contributed by atoms with E-state index in [1.165, 1.54) is 0 Å². The predicted octanol–water partition coefficient (Wildman–Crippen LogP) is 1.77. The highest BCUT2D eigenvalue weighted by Gasteiger charge is 2.25. The summed E-state index contributed by atoms with van der Waals surface area (Å²) in [7, 11) is 1.75. The number of carbonyl (C=O) groups is 2. The summed E-state index contributed by atoms with van der Waals surface area (Å²) in [5, 5.41) is 12.8. The van der Waals surface area contributed by atoms with Crippen LogP contribution in [0.15, 0.2) is 6.20 Å². The van der Waals surface area contributed by atoms with E-state index in [2.05, 4.69) is 5.10 Å². The van der Waals surface area contributed by atoms with Crippen LogP contribution in [0.1, 0.15) is 49.7 Å². The molecule has 0 unspecified atom stereocenters. The number of nitrogens with zero attached hydrogens (tertiary/aromatic N) is 2. The van der Waals surface area contributed by atoms with Crippen LogP contribution in [0.2, 0.25) is 0 Å². The van der Waals surface area contributed by atoms with Gasteiger partial charge >= 0.3 is 5.97 Å². The maximum Gasteiger partial charge on any atom is 0.303 e. The van der Waals surface area contributed by atoms with Crippen molar-refractivity contribution < 1.29 is 14.7 Å². The van der Waals surface area contributed by atoms with Crippen molar-refractivity contribution in [3.8, 4) is 0 Å². The third-order valence-corrected chi connectivity index (χ3v) is 2.41. The summed E-state index contributed by atoms with van der Waals surface area (Å²) in [6.45, 7) is 5.93. The highest BCUT2D eigenvalue weighted by atomic mass is 16.4. The standard InChI is InChI=1S/C12H18N2O3/c1-12(2,3)11-8(7-14(4)13-11)9(15)5-6-10(16)17/h7H,5-6H2,1-4H3,(H,16,17). The molecule has 0 bridgehead atoms. The minimum absolute atomic E-state index is 0.0180. The van der Waals surface area contributed by atoms with Crippen molar-refractivity contribution in [3.63, 3.8) is 0 Å². The highest BCUT2D eigenvalue weighted by Crippen LogP contribution is 2.25. The third-order valence-electron chi connectivity index (χ3n) is 2.41. The van der Waals surface area contributed by atoms with Crippen LogP contribution >= 0.6 is 0 Å². The van der Waals surface area contributed by atoms with Crippen LogP contribution in [-0.4, -0.2) is 26.6 Å². The lowest BCUT2D eigenvalue weighted by Crippen LogP contribution is -2.17. The first-order chi connectivity index (χ1) is 7.71. The van der Waals surface area contributed by atoms with Crippen LogP contribution in [-0.2, 0) is 17.3 Å². The number of ketones is 1. The first kappa shape index (κ1) is 13.4. The number of aliphatic carboxylic acids is 1. The first-order valence-electron chi connectivity index (χ1n) is 5.51. The van der Waals surface area contributed by atoms with E-state index in [0.717, 1.165) is 5.69 Å². The fourth-order valence-corrected chi connectivity index (χ4v) is 1.60. The van der Waals surface area contributed by atoms with Crippen molar-refractivity contribution in [1.82, 2.24) is 9.78 Å². The molecule has 0 aliphatic rings. The third kappa shape index (κ3) is 3.41. The lowest BCUT2D eigenvalue weighted by atomic mass is 9.88. The lowest BCUT2D eigenvalue weighted by Gasteiger charge is -2.16. The van der Waals surface area contributed by atoms with Gasteiger partial charge in [-0.3, -0.25) is 14.3 Å². The number of carboxylic acid groups (broad SMARTS) is 1. The summed E-state index contributed by atoms with van der Waals surface area (Å²) < 4.78 is 1.59. The molecule has 5 nitrogen and oxygen atoms in total. The summed E-state index contributed by atoms with van der Waals surface area (Å²) >= 11 is 0. The smallest absolute Gasteiger partial charge is 0.303 e. The molecule has 1 aromatic heterocycles. The number of carboxylic acids is 1. The Balaban J connectivity index is 2.97. The number of hydrogen-bond acceptors (Lipinski definition) is 3. The normalized spacial score (nSPS) is 11.5. The molecule has 1 heterocycles. The van der Waals surface area contributed by atoms with Crippen LogP contribution in [0.25, 0.3) is 0 Å². The van der Waals surface area contributed by atoms with Gasteiger partial charge in [-0.2, -0.15) is 5.10 Å². The molecule has 0 aliphatic carbocycles. The van der Waals surface area contributed by atoms with Gasteiger partial charge in [-0.05, 0) is 0 Å². The van der Waals surface area contributed by atoms with Crippen molar-refractivity contribution in [1.29, 1.82) is 0 Å². The molecule has 0 aliphatic heterocycles. The first-order valence-corrected chi connectivity index (χ1v) is 5.51. The molecule has 0 radical (unpaired) electrons. The molecule has 1 aromatic rings. The van der Waals surface area contributed by atoms with Gasteiger partial charge in [-0.15, -0.1) is 0 Å². The molecular formula is C12H18N2O3. The van der Waals surface area contributed by atoms with Crippen molar-refractivity contribution >= 4 is 11.8 Å². The Kier molecular flexibility index (Phi) is 3.70. The molecule has 1 rings (SSSR count). The average molecular weight is 238 g/mol. The van der Waals surface area contributed by atoms with Gasteiger partial charge in [0, 0.05) is 25.1 Å². The molecule has 5 heteroatoms. The van der Waals surface area contributed by atoms with E-state index in [1.807, 2.05) is 20.8 Å². The molecule has 17 heavy (non-hydrogen) atoms. The molecule has 0 aromatic carbocycles. The summed E-state index contributed by atoms with van der Waals surface area (Å²) in [5.41, 5.74) is 1.02. The zero-order chi connectivity index (χ0) is 13.2. The van der Waals surface area contributed by atoms with Crippen LogP contribution in [0.4, 0.5) is 0 Å². The van der Waals surface area contributed by atoms with E-state index < -0.39 is 5.97 Å². The molecule has 0 fully saturated rings. The average Bonchev–Trinajstić information content (AvgIpc) is 2.56. The minimum Gasteiger partial charge on any atom is -0.481 e. The minimum atomic E-state index is -0.959. The van der Waals surface area contributed by atoms with E-state index in [1.54, 1.807) is 17.9 Å². The van der Waals surface area contributed by atoms with Gasteiger partial charge in [-0.25, -0.2) is 0 Å². The maximum absolute atomic E-state index is 11.9. The number of aromatic nitrogens is 2. The van der Waals surface area contributed by atoms with Gasteiger partial charge in [0.1, 0.15) is 0 Å². The largest absolute Gasteiger partial charge is 0.481 e. The number of Topliss-reactive ketones (excluding diaryl/α,β-unsaturated/α-hetero) is 1. The van der Waals surface area contributed by atoms with E-state index >= 15 is 0 Å². The number of hydrogen-bond donors (Lipinski definition) is 1. The van der Waals surface area contributed by atoms with Crippen LogP contribution < -0.4 is 0 Å². The SMILES string of the molecule is Cn1cc(C(=O)CCC(=O)O)c(C(C)(C)C)n1. The Hall–Kier alpha value is -1.65. The fourth-order valence-electron chi connectivity index (χ4n) is 1.60. The second kappa shape index (κ2) is 4.69. The van der Waals surface area contributed by atoms with Gasteiger partial charge in [-0.1, -0.05) is 20.8 Å². The zero-order valence-electron chi connectivity index (χ0n) is 10.6. The lowest BCUT2D eigenvalue weighted by molar-refractivity contribution is -0.136. The highest BCUT2D eigenvalue weighted by molar-refractivity contribution is 5.98. The van der Waals surface area contributed by atoms with E-state index in [4.69, 9.17) is 5.11 Å². The monoisotopic (exact) mass is 238 g/mol. The molecule has 0 atom stereocenters. The Morgan fingerprint density at radius 2 is 1.94 bits per heavy atom. The molecular weight excluding hydrogens is 220 g/mol. The van der Waals surface area contributed by atoms with Crippen molar-refractivity contribution in [2.24, 2.45) is 7.05 Å². The van der Waals surface area contributed by atoms with E-state index in [0.29, 0.717) is 5.56 Å².